The van der Waals surface area contributed by atoms with Crippen molar-refractivity contribution in [3.8, 4) is 0 Å². The fraction of sp³-hybridized carbons (Fsp3) is 0.462. The summed E-state index contributed by atoms with van der Waals surface area (Å²) >= 11 is 0. The average Bonchev–Trinajstić information content (AvgIpc) is 2.57. The second-order valence-electron chi connectivity index (χ2n) is 4.66. The van der Waals surface area contributed by atoms with E-state index in [1.54, 1.807) is 0 Å². The van der Waals surface area contributed by atoms with Crippen LogP contribution in [0.5, 0.6) is 0 Å². The molecule has 3 nitrogen and oxygen atoms in total. The zero-order valence-corrected chi connectivity index (χ0v) is 10.1. The van der Waals surface area contributed by atoms with Crippen LogP contribution in [0.15, 0.2) is 24.7 Å². The van der Waals surface area contributed by atoms with Crippen LogP contribution in [-0.2, 0) is 0 Å². The van der Waals surface area contributed by atoms with Gasteiger partial charge in [-0.1, -0.05) is 13.8 Å². The lowest BCUT2D eigenvalue weighted by atomic mass is 9.88. The number of hydrogen-bond acceptors (Lipinski definition) is 2. The van der Waals surface area contributed by atoms with Crippen molar-refractivity contribution in [1.82, 2.24) is 9.38 Å². The first-order chi connectivity index (χ1) is 7.65. The average molecular weight is 217 g/mol. The summed E-state index contributed by atoms with van der Waals surface area (Å²) in [6.45, 7) is 7.23. The topological polar surface area (TPSA) is 43.3 Å². The lowest BCUT2D eigenvalue weighted by Crippen LogP contribution is -2.18. The molecule has 0 aliphatic heterocycles. The number of nitrogens with zero attached hydrogens (tertiary/aromatic N) is 2. The van der Waals surface area contributed by atoms with Gasteiger partial charge in [0.2, 0.25) is 0 Å². The molecule has 2 heterocycles. The van der Waals surface area contributed by atoms with Crippen molar-refractivity contribution in [2.75, 3.05) is 6.54 Å². The Morgan fingerprint density at radius 2 is 2.19 bits per heavy atom. The van der Waals surface area contributed by atoms with E-state index < -0.39 is 0 Å². The normalized spacial score (nSPS) is 13.6. The number of aromatic nitrogens is 2. The van der Waals surface area contributed by atoms with Crippen LogP contribution in [-0.4, -0.2) is 15.9 Å². The smallest absolute Gasteiger partial charge is 0.140 e. The van der Waals surface area contributed by atoms with Gasteiger partial charge in [-0.3, -0.25) is 0 Å². The molecule has 1 unspecified atom stereocenters. The van der Waals surface area contributed by atoms with Crippen molar-refractivity contribution in [2.24, 2.45) is 11.7 Å². The van der Waals surface area contributed by atoms with E-state index in [0.29, 0.717) is 18.4 Å². The predicted molar refractivity (Wildman–Crippen MR) is 66.6 cm³/mol. The molecule has 0 aromatic carbocycles. The summed E-state index contributed by atoms with van der Waals surface area (Å²) in [7, 11) is 0. The quantitative estimate of drug-likeness (QED) is 0.857. The summed E-state index contributed by atoms with van der Waals surface area (Å²) in [6.07, 6.45) is 6.00. The van der Waals surface area contributed by atoms with Gasteiger partial charge in [0.1, 0.15) is 5.65 Å². The van der Waals surface area contributed by atoms with Gasteiger partial charge in [0.25, 0.3) is 0 Å². The van der Waals surface area contributed by atoms with E-state index in [1.807, 2.05) is 18.5 Å². The highest BCUT2D eigenvalue weighted by Crippen LogP contribution is 2.29. The van der Waals surface area contributed by atoms with E-state index >= 15 is 0 Å². The van der Waals surface area contributed by atoms with E-state index in [9.17, 15) is 0 Å². The first kappa shape index (κ1) is 11.1. The van der Waals surface area contributed by atoms with Gasteiger partial charge in [-0.05, 0) is 31.0 Å². The predicted octanol–water partition coefficient (Wildman–Crippen LogP) is 2.34. The highest BCUT2D eigenvalue weighted by atomic mass is 15.0. The standard InChI is InChI=1S/C13H19N3/c1-9(2)11(7-14)12-10(3)8-16-6-4-5-15-13(12)16/h4-6,8-9,11H,7,14H2,1-3H3. The lowest BCUT2D eigenvalue weighted by Gasteiger charge is -2.19. The zero-order chi connectivity index (χ0) is 11.7. The molecule has 0 aliphatic rings. The molecule has 0 saturated heterocycles. The molecule has 0 fully saturated rings. The largest absolute Gasteiger partial charge is 0.330 e. The highest BCUT2D eigenvalue weighted by Gasteiger charge is 2.20. The third-order valence-corrected chi connectivity index (χ3v) is 3.20. The molecule has 2 N–H and O–H groups in total. The van der Waals surface area contributed by atoms with Gasteiger partial charge >= 0.3 is 0 Å². The van der Waals surface area contributed by atoms with Gasteiger partial charge in [0.15, 0.2) is 0 Å². The number of hydrogen-bond donors (Lipinski definition) is 1. The highest BCUT2D eigenvalue weighted by molar-refractivity contribution is 5.55. The Bertz CT molecular complexity index is 485. The Morgan fingerprint density at radius 1 is 1.44 bits per heavy atom. The number of rotatable bonds is 3. The molecule has 86 valence electrons. The van der Waals surface area contributed by atoms with Gasteiger partial charge in [0, 0.05) is 30.1 Å². The fourth-order valence-electron chi connectivity index (χ4n) is 2.33. The Balaban J connectivity index is 2.62. The molecule has 1 atom stereocenters. The molecule has 0 spiro atoms. The molecular weight excluding hydrogens is 198 g/mol. The van der Waals surface area contributed by atoms with Crippen molar-refractivity contribution in [3.63, 3.8) is 0 Å². The van der Waals surface area contributed by atoms with Crippen molar-refractivity contribution in [3.05, 3.63) is 35.8 Å². The maximum Gasteiger partial charge on any atom is 0.140 e. The second-order valence-corrected chi connectivity index (χ2v) is 4.66. The summed E-state index contributed by atoms with van der Waals surface area (Å²) in [6, 6.07) is 1.95. The Labute approximate surface area is 96.3 Å². The van der Waals surface area contributed by atoms with Gasteiger partial charge in [-0.15, -0.1) is 0 Å². The first-order valence-corrected chi connectivity index (χ1v) is 5.77. The van der Waals surface area contributed by atoms with Crippen LogP contribution in [0.4, 0.5) is 0 Å². The van der Waals surface area contributed by atoms with E-state index in [0.717, 1.165) is 5.65 Å². The molecule has 0 bridgehead atoms. The summed E-state index contributed by atoms with van der Waals surface area (Å²) in [5, 5.41) is 0. The summed E-state index contributed by atoms with van der Waals surface area (Å²) in [4.78, 5) is 4.46. The maximum absolute atomic E-state index is 5.89. The Kier molecular flexibility index (Phi) is 2.97. The van der Waals surface area contributed by atoms with Crippen LogP contribution in [0.25, 0.3) is 5.65 Å². The molecule has 2 aromatic heterocycles. The molecule has 0 aliphatic carbocycles. The van der Waals surface area contributed by atoms with E-state index in [1.165, 1.54) is 11.1 Å². The molecule has 0 saturated carbocycles. The Morgan fingerprint density at radius 3 is 2.81 bits per heavy atom. The Hall–Kier alpha value is -1.35. The molecule has 3 heteroatoms. The minimum atomic E-state index is 0.389. The summed E-state index contributed by atoms with van der Waals surface area (Å²) in [5.41, 5.74) is 9.52. The van der Waals surface area contributed by atoms with Gasteiger partial charge in [-0.2, -0.15) is 0 Å². The molecule has 2 rings (SSSR count). The van der Waals surface area contributed by atoms with Crippen LogP contribution >= 0.6 is 0 Å². The number of nitrogens with two attached hydrogens (primary N) is 1. The SMILES string of the molecule is Cc1cn2cccnc2c1C(CN)C(C)C. The van der Waals surface area contributed by atoms with Crippen LogP contribution in [0.2, 0.25) is 0 Å². The number of aryl methyl sites for hydroxylation is 1. The van der Waals surface area contributed by atoms with E-state index in [-0.39, 0.29) is 0 Å². The second kappa shape index (κ2) is 4.26. The van der Waals surface area contributed by atoms with Crippen molar-refractivity contribution in [1.29, 1.82) is 0 Å². The fourth-order valence-corrected chi connectivity index (χ4v) is 2.33. The van der Waals surface area contributed by atoms with Crippen LogP contribution in [0.3, 0.4) is 0 Å². The first-order valence-electron chi connectivity index (χ1n) is 5.77. The molecule has 0 amide bonds. The molecule has 0 radical (unpaired) electrons. The van der Waals surface area contributed by atoms with Crippen molar-refractivity contribution < 1.29 is 0 Å². The van der Waals surface area contributed by atoms with Gasteiger partial charge in [-0.25, -0.2) is 4.98 Å². The minimum absolute atomic E-state index is 0.389. The third-order valence-electron chi connectivity index (χ3n) is 3.20. The van der Waals surface area contributed by atoms with Crippen molar-refractivity contribution in [2.45, 2.75) is 26.7 Å². The van der Waals surface area contributed by atoms with E-state index in [2.05, 4.69) is 36.4 Å². The third kappa shape index (κ3) is 1.71. The maximum atomic E-state index is 5.89. The van der Waals surface area contributed by atoms with Crippen LogP contribution < -0.4 is 5.73 Å². The van der Waals surface area contributed by atoms with Crippen LogP contribution in [0, 0.1) is 12.8 Å². The van der Waals surface area contributed by atoms with Gasteiger partial charge in [0.05, 0.1) is 0 Å². The summed E-state index contributed by atoms with van der Waals surface area (Å²) < 4.78 is 2.08. The molecule has 16 heavy (non-hydrogen) atoms. The van der Waals surface area contributed by atoms with Crippen molar-refractivity contribution >= 4 is 5.65 Å². The minimum Gasteiger partial charge on any atom is -0.330 e. The lowest BCUT2D eigenvalue weighted by molar-refractivity contribution is 0.507. The zero-order valence-electron chi connectivity index (χ0n) is 10.1. The van der Waals surface area contributed by atoms with Gasteiger partial charge < -0.3 is 10.1 Å². The van der Waals surface area contributed by atoms with E-state index in [4.69, 9.17) is 5.73 Å². The monoisotopic (exact) mass is 217 g/mol. The number of fused-ring (bicyclic) bond motifs is 1. The summed E-state index contributed by atoms with van der Waals surface area (Å²) in [5.74, 6) is 0.928. The molecular formula is C13H19N3. The molecule has 2 aromatic rings. The van der Waals surface area contributed by atoms with Crippen LogP contribution in [0.1, 0.15) is 30.9 Å².